The van der Waals surface area contributed by atoms with Gasteiger partial charge in [-0.3, -0.25) is 0 Å². The topological polar surface area (TPSA) is 55.1 Å². The van der Waals surface area contributed by atoms with Gasteiger partial charge in [-0.1, -0.05) is 154 Å². The number of nitrogens with one attached hydrogen (secondary N) is 1. The molecule has 0 bridgehead atoms. The van der Waals surface area contributed by atoms with Crippen molar-refractivity contribution in [3.63, 3.8) is 0 Å². The first-order valence-electron chi connectivity index (χ1n) is 23.5. The van der Waals surface area contributed by atoms with Crippen molar-refractivity contribution in [1.29, 1.82) is 0 Å². The highest BCUT2D eigenvalue weighted by atomic mass is 15.0. The summed E-state index contributed by atoms with van der Waals surface area (Å²) in [5.74, 6) is 1.47. The summed E-state index contributed by atoms with van der Waals surface area (Å²) in [6.07, 6.45) is 8.97. The lowest BCUT2D eigenvalue weighted by Gasteiger charge is -2.25. The Morgan fingerprint density at radius 2 is 1.08 bits per heavy atom. The van der Waals surface area contributed by atoms with Crippen LogP contribution in [0.4, 0.5) is 0 Å². The van der Waals surface area contributed by atoms with Gasteiger partial charge in [-0.15, -0.1) is 0 Å². The minimum absolute atomic E-state index is 0.0954. The van der Waals surface area contributed by atoms with Gasteiger partial charge in [0, 0.05) is 50.7 Å². The molecule has 1 N–H and O–H groups in total. The zero-order chi connectivity index (χ0) is 44.1. The van der Waals surface area contributed by atoms with Gasteiger partial charge >= 0.3 is 0 Å². The summed E-state index contributed by atoms with van der Waals surface area (Å²) in [5.41, 5.74) is 16.5. The lowest BCUT2D eigenvalue weighted by molar-refractivity contribution is 0.781. The molecule has 9 aromatic rings. The van der Waals surface area contributed by atoms with Crippen molar-refractivity contribution in [3.05, 3.63) is 210 Å². The number of hydrogen-bond acceptors (Lipinski definition) is 4. The molecular formula is C60H55N5. The van der Waals surface area contributed by atoms with Gasteiger partial charge in [0.2, 0.25) is 0 Å². The highest BCUT2D eigenvalue weighted by Gasteiger charge is 2.24. The number of aliphatic imine (C=N–C) groups is 1. The minimum atomic E-state index is -0.0954. The summed E-state index contributed by atoms with van der Waals surface area (Å²) < 4.78 is 2.53. The van der Waals surface area contributed by atoms with Crippen LogP contribution in [0.2, 0.25) is 0 Å². The van der Waals surface area contributed by atoms with Gasteiger partial charge in [-0.2, -0.15) is 0 Å². The number of fused-ring (bicyclic) bond motifs is 3. The molecule has 7 aromatic carbocycles. The molecule has 1 atom stereocenters. The lowest BCUT2D eigenvalue weighted by atomic mass is 9.93. The first-order valence-corrected chi connectivity index (χ1v) is 23.5. The maximum absolute atomic E-state index is 5.44. The summed E-state index contributed by atoms with van der Waals surface area (Å²) in [6, 6.07) is 63.1. The first kappa shape index (κ1) is 41.6. The van der Waals surface area contributed by atoms with E-state index in [0.717, 1.165) is 88.5 Å². The SMILES string of the molecule is CCCCc1ccc2c(c1)c1cc(CCCC)cc(-c3cc(C4=NC(c5ccccc5)=CC(c5ccccc5)N4)cc(-c4nc(-c5ccccc5)cc(-c5ccccc5)n4)c3)c1n2CC. The lowest BCUT2D eigenvalue weighted by Crippen LogP contribution is -2.31. The molecule has 1 aliphatic rings. The summed E-state index contributed by atoms with van der Waals surface area (Å²) in [6.45, 7) is 7.68. The molecular weight excluding hydrogens is 791 g/mol. The Bertz CT molecular complexity index is 3110. The molecule has 0 saturated heterocycles. The van der Waals surface area contributed by atoms with Crippen molar-refractivity contribution in [1.82, 2.24) is 19.9 Å². The van der Waals surface area contributed by atoms with Gasteiger partial charge in [0.25, 0.3) is 0 Å². The summed E-state index contributed by atoms with van der Waals surface area (Å²) in [7, 11) is 0. The second-order valence-electron chi connectivity index (χ2n) is 17.2. The number of hydrogen-bond donors (Lipinski definition) is 1. The fourth-order valence-electron chi connectivity index (χ4n) is 9.39. The normalized spacial score (nSPS) is 13.7. The average Bonchev–Trinajstić information content (AvgIpc) is 3.70. The predicted octanol–water partition coefficient (Wildman–Crippen LogP) is 15.1. The Kier molecular flexibility index (Phi) is 12.0. The van der Waals surface area contributed by atoms with Crippen LogP contribution in [-0.4, -0.2) is 20.4 Å². The van der Waals surface area contributed by atoms with Crippen LogP contribution in [0.15, 0.2) is 187 Å². The molecule has 0 amide bonds. The van der Waals surface area contributed by atoms with Gasteiger partial charge in [0.1, 0.15) is 5.84 Å². The number of aryl methyl sites for hydroxylation is 3. The minimum Gasteiger partial charge on any atom is -0.359 e. The molecule has 0 saturated carbocycles. The number of rotatable bonds is 14. The van der Waals surface area contributed by atoms with E-state index < -0.39 is 0 Å². The highest BCUT2D eigenvalue weighted by molar-refractivity contribution is 6.14. The first-order chi connectivity index (χ1) is 32.1. The van der Waals surface area contributed by atoms with Crippen LogP contribution in [0.25, 0.3) is 72.5 Å². The maximum atomic E-state index is 5.44. The molecule has 2 aromatic heterocycles. The van der Waals surface area contributed by atoms with E-state index in [1.807, 2.05) is 0 Å². The summed E-state index contributed by atoms with van der Waals surface area (Å²) >= 11 is 0. The Balaban J connectivity index is 1.25. The van der Waals surface area contributed by atoms with Crippen molar-refractivity contribution < 1.29 is 0 Å². The van der Waals surface area contributed by atoms with Gasteiger partial charge in [-0.05, 0) is 115 Å². The standard InChI is InChI=1S/C60H55N5/c1-4-7-21-41-31-32-57-51(33-41)52-35-42(22-8-5-2)34-50(58(52)65(57)6-3)47-36-48(59-61-53(43-23-13-9-14-24-43)39-54(62-59)44-25-15-10-16-26-44)38-49(37-47)60-63-55(45-27-17-11-18-28-45)40-56(64-60)46-29-19-12-20-30-46/h9-20,23-40,53H,4-8,21-22H2,1-3H3,(H,61,62). The van der Waals surface area contributed by atoms with E-state index in [0.29, 0.717) is 5.82 Å². The fraction of sp³-hybridized carbons (Fsp3) is 0.183. The van der Waals surface area contributed by atoms with Crippen molar-refractivity contribution in [3.8, 4) is 45.0 Å². The molecule has 0 spiro atoms. The van der Waals surface area contributed by atoms with E-state index in [1.54, 1.807) is 0 Å². The van der Waals surface area contributed by atoms with E-state index in [4.69, 9.17) is 15.0 Å². The maximum Gasteiger partial charge on any atom is 0.160 e. The van der Waals surface area contributed by atoms with Crippen molar-refractivity contribution in [2.45, 2.75) is 71.9 Å². The third-order valence-electron chi connectivity index (χ3n) is 12.8. The largest absolute Gasteiger partial charge is 0.359 e. The number of amidine groups is 1. The van der Waals surface area contributed by atoms with Crippen LogP contribution in [-0.2, 0) is 19.4 Å². The van der Waals surface area contributed by atoms with E-state index in [1.165, 1.54) is 56.9 Å². The molecule has 3 heterocycles. The Morgan fingerprint density at radius 1 is 0.508 bits per heavy atom. The molecule has 0 aliphatic carbocycles. The van der Waals surface area contributed by atoms with Crippen molar-refractivity contribution in [2.24, 2.45) is 4.99 Å². The van der Waals surface area contributed by atoms with Crippen molar-refractivity contribution >= 4 is 33.3 Å². The Hall–Kier alpha value is -7.37. The number of benzene rings is 7. The second-order valence-corrected chi connectivity index (χ2v) is 17.2. The molecule has 5 nitrogen and oxygen atoms in total. The molecule has 320 valence electrons. The average molecular weight is 846 g/mol. The van der Waals surface area contributed by atoms with Crippen LogP contribution in [0.3, 0.4) is 0 Å². The molecule has 0 fully saturated rings. The summed E-state index contributed by atoms with van der Waals surface area (Å²) in [5, 5.41) is 6.54. The van der Waals surface area contributed by atoms with Gasteiger partial charge in [0.15, 0.2) is 5.82 Å². The molecule has 10 rings (SSSR count). The third-order valence-corrected chi connectivity index (χ3v) is 12.8. The molecule has 0 radical (unpaired) electrons. The predicted molar refractivity (Wildman–Crippen MR) is 273 cm³/mol. The number of nitrogens with zero attached hydrogens (tertiary/aromatic N) is 4. The fourth-order valence-corrected chi connectivity index (χ4v) is 9.39. The monoisotopic (exact) mass is 845 g/mol. The molecule has 1 aliphatic heterocycles. The van der Waals surface area contributed by atoms with E-state index in [9.17, 15) is 0 Å². The van der Waals surface area contributed by atoms with E-state index in [-0.39, 0.29) is 6.04 Å². The Labute approximate surface area is 383 Å². The van der Waals surface area contributed by atoms with E-state index in [2.05, 4.69) is 213 Å². The van der Waals surface area contributed by atoms with Crippen LogP contribution in [0, 0.1) is 0 Å². The summed E-state index contributed by atoms with van der Waals surface area (Å²) in [4.78, 5) is 16.2. The van der Waals surface area contributed by atoms with Gasteiger partial charge < -0.3 is 9.88 Å². The number of aromatic nitrogens is 3. The van der Waals surface area contributed by atoms with Crippen LogP contribution < -0.4 is 5.32 Å². The Morgan fingerprint density at radius 3 is 1.71 bits per heavy atom. The quantitative estimate of drug-likeness (QED) is 0.119. The molecule has 1 unspecified atom stereocenters. The zero-order valence-electron chi connectivity index (χ0n) is 37.6. The van der Waals surface area contributed by atoms with Crippen molar-refractivity contribution in [2.75, 3.05) is 0 Å². The highest BCUT2D eigenvalue weighted by Crippen LogP contribution is 2.41. The zero-order valence-corrected chi connectivity index (χ0v) is 37.6. The second kappa shape index (κ2) is 18.8. The third kappa shape index (κ3) is 8.67. The van der Waals surface area contributed by atoms with E-state index >= 15 is 0 Å². The number of unbranched alkanes of at least 4 members (excludes halogenated alkanes) is 2. The van der Waals surface area contributed by atoms with Crippen LogP contribution in [0.1, 0.15) is 80.3 Å². The van der Waals surface area contributed by atoms with Crippen LogP contribution >= 0.6 is 0 Å². The van der Waals surface area contributed by atoms with Gasteiger partial charge in [0.05, 0.1) is 28.6 Å². The van der Waals surface area contributed by atoms with Gasteiger partial charge in [-0.25, -0.2) is 15.0 Å². The smallest absolute Gasteiger partial charge is 0.160 e. The molecule has 5 heteroatoms. The molecule has 65 heavy (non-hydrogen) atoms. The van der Waals surface area contributed by atoms with Crippen LogP contribution in [0.5, 0.6) is 0 Å².